The molecule has 1 N–H and O–H groups in total. The van der Waals surface area contributed by atoms with Crippen molar-refractivity contribution in [3.63, 3.8) is 0 Å². The Morgan fingerprint density at radius 2 is 1.81 bits per heavy atom. The summed E-state index contributed by atoms with van der Waals surface area (Å²) in [7, 11) is 4.37. The van der Waals surface area contributed by atoms with Crippen LogP contribution >= 0.6 is 0 Å². The molecule has 0 saturated heterocycles. The molecule has 3 aromatic rings. The molecule has 9 heteroatoms. The molecule has 1 atom stereocenters. The highest BCUT2D eigenvalue weighted by atomic mass is 16.6. The summed E-state index contributed by atoms with van der Waals surface area (Å²) < 4.78 is 27.2. The number of pyridine rings is 1. The molecule has 0 bridgehead atoms. The molecule has 0 radical (unpaired) electrons. The molecule has 0 aliphatic carbocycles. The van der Waals surface area contributed by atoms with Gasteiger partial charge < -0.3 is 28.5 Å². The summed E-state index contributed by atoms with van der Waals surface area (Å²) in [6.07, 6.45) is 4.15. The molecular formula is C28H29NO8. The number of carbonyl (C=O) groups excluding carboxylic acids is 2. The van der Waals surface area contributed by atoms with Gasteiger partial charge in [0, 0.05) is 31.5 Å². The number of benzene rings is 1. The maximum atomic E-state index is 12.8. The normalized spacial score (nSPS) is 12.1. The lowest BCUT2D eigenvalue weighted by molar-refractivity contribution is 0.0246. The van der Waals surface area contributed by atoms with E-state index >= 15 is 0 Å². The van der Waals surface area contributed by atoms with Gasteiger partial charge in [0.25, 0.3) is 0 Å². The first-order valence-electron chi connectivity index (χ1n) is 11.4. The SMILES string of the molecule is C=C(COC)/C(=C/C[C@H](OC(=O)c1ccncc1)c1ccc(CO)o1)c1cc(C(=O)OC)ccc1OC. The Morgan fingerprint density at radius 1 is 1.05 bits per heavy atom. The Kier molecular flexibility index (Phi) is 9.76. The Bertz CT molecular complexity index is 1260. The lowest BCUT2D eigenvalue weighted by atomic mass is 9.94. The molecule has 0 fully saturated rings. The molecule has 37 heavy (non-hydrogen) atoms. The van der Waals surface area contributed by atoms with Crippen molar-refractivity contribution < 1.29 is 38.1 Å². The molecule has 0 saturated carbocycles. The molecule has 0 aliphatic heterocycles. The number of hydrogen-bond acceptors (Lipinski definition) is 9. The average Bonchev–Trinajstić information content (AvgIpc) is 3.42. The van der Waals surface area contributed by atoms with E-state index in [0.717, 1.165) is 0 Å². The smallest absolute Gasteiger partial charge is 0.338 e. The summed E-state index contributed by atoms with van der Waals surface area (Å²) in [4.78, 5) is 29.0. The zero-order valence-electron chi connectivity index (χ0n) is 20.9. The fourth-order valence-corrected chi connectivity index (χ4v) is 3.65. The van der Waals surface area contributed by atoms with Gasteiger partial charge in [-0.2, -0.15) is 0 Å². The number of esters is 2. The highest BCUT2D eigenvalue weighted by Crippen LogP contribution is 2.34. The van der Waals surface area contributed by atoms with Gasteiger partial charge in [-0.25, -0.2) is 9.59 Å². The van der Waals surface area contributed by atoms with Gasteiger partial charge in [-0.1, -0.05) is 12.7 Å². The first-order chi connectivity index (χ1) is 17.9. The topological polar surface area (TPSA) is 117 Å². The van der Waals surface area contributed by atoms with E-state index in [9.17, 15) is 14.7 Å². The van der Waals surface area contributed by atoms with E-state index in [1.807, 2.05) is 6.08 Å². The minimum absolute atomic E-state index is 0.179. The van der Waals surface area contributed by atoms with Gasteiger partial charge in [-0.3, -0.25) is 4.98 Å². The Morgan fingerprint density at radius 3 is 2.43 bits per heavy atom. The van der Waals surface area contributed by atoms with Crippen LogP contribution in [0.2, 0.25) is 0 Å². The molecule has 194 valence electrons. The van der Waals surface area contributed by atoms with Gasteiger partial charge in [-0.15, -0.1) is 0 Å². The molecule has 1 aromatic carbocycles. The molecule has 2 aromatic heterocycles. The number of aromatic nitrogens is 1. The van der Waals surface area contributed by atoms with Crippen LogP contribution in [0.5, 0.6) is 5.75 Å². The van der Waals surface area contributed by atoms with Gasteiger partial charge in [0.2, 0.25) is 0 Å². The average molecular weight is 508 g/mol. The molecule has 9 nitrogen and oxygen atoms in total. The van der Waals surface area contributed by atoms with Gasteiger partial charge in [0.1, 0.15) is 23.9 Å². The summed E-state index contributed by atoms with van der Waals surface area (Å²) in [5, 5.41) is 9.44. The van der Waals surface area contributed by atoms with Crippen molar-refractivity contribution >= 4 is 17.5 Å². The number of nitrogens with zero attached hydrogens (tertiary/aromatic N) is 1. The first-order valence-corrected chi connectivity index (χ1v) is 11.4. The van der Waals surface area contributed by atoms with Crippen LogP contribution in [-0.4, -0.2) is 50.0 Å². The second-order valence-electron chi connectivity index (χ2n) is 7.89. The quantitative estimate of drug-likeness (QED) is 0.278. The van der Waals surface area contributed by atoms with Crippen molar-refractivity contribution in [3.05, 3.63) is 101 Å². The fraction of sp³-hybridized carbons (Fsp3) is 0.250. The van der Waals surface area contributed by atoms with Crippen LogP contribution in [0.15, 0.2) is 77.5 Å². The number of ether oxygens (including phenoxy) is 4. The monoisotopic (exact) mass is 507 g/mol. The summed E-state index contributed by atoms with van der Waals surface area (Å²) in [6.45, 7) is 4.04. The van der Waals surface area contributed by atoms with Crippen molar-refractivity contribution in [3.8, 4) is 5.75 Å². The number of aliphatic hydroxyl groups is 1. The van der Waals surface area contributed by atoms with E-state index in [2.05, 4.69) is 11.6 Å². The molecule has 3 rings (SSSR count). The maximum Gasteiger partial charge on any atom is 0.338 e. The van der Waals surface area contributed by atoms with E-state index in [1.54, 1.807) is 49.6 Å². The third kappa shape index (κ3) is 6.93. The van der Waals surface area contributed by atoms with Crippen LogP contribution in [0, 0.1) is 0 Å². The first kappa shape index (κ1) is 27.4. The largest absolute Gasteiger partial charge is 0.496 e. The number of carbonyl (C=O) groups is 2. The van der Waals surface area contributed by atoms with Crippen LogP contribution in [0.3, 0.4) is 0 Å². The lowest BCUT2D eigenvalue weighted by Crippen LogP contribution is -2.11. The molecule has 0 spiro atoms. The Labute approximate surface area is 214 Å². The maximum absolute atomic E-state index is 12.8. The number of furan rings is 1. The summed E-state index contributed by atoms with van der Waals surface area (Å²) in [5.41, 5.74) is 2.48. The number of hydrogen-bond donors (Lipinski definition) is 1. The minimum Gasteiger partial charge on any atom is -0.496 e. The van der Waals surface area contributed by atoms with Gasteiger partial charge >= 0.3 is 11.9 Å². The lowest BCUT2D eigenvalue weighted by Gasteiger charge is -2.18. The van der Waals surface area contributed by atoms with Crippen molar-refractivity contribution in [2.75, 3.05) is 27.9 Å². The van der Waals surface area contributed by atoms with Gasteiger partial charge in [0.05, 0.1) is 32.0 Å². The molecule has 0 unspecified atom stereocenters. The van der Waals surface area contributed by atoms with E-state index in [4.69, 9.17) is 23.4 Å². The van der Waals surface area contributed by atoms with Crippen molar-refractivity contribution in [1.82, 2.24) is 4.98 Å². The van der Waals surface area contributed by atoms with Gasteiger partial charge in [-0.05, 0) is 53.6 Å². The van der Waals surface area contributed by atoms with Crippen LogP contribution in [0.25, 0.3) is 5.57 Å². The Hall–Kier alpha value is -4.21. The second-order valence-corrected chi connectivity index (χ2v) is 7.89. The fourth-order valence-electron chi connectivity index (χ4n) is 3.65. The highest BCUT2D eigenvalue weighted by Gasteiger charge is 2.23. The standard InChI is InChI=1S/C28H29NO8/c1-18(17-33-2)22(23-15-20(27(31)35-4)5-8-24(23)34-3)7-10-26(25-9-6-21(16-30)36-25)37-28(32)19-11-13-29-14-12-19/h5-9,11-15,26,30H,1,10,16-17H2,2-4H3/b22-7-/t26-/m0/s1. The zero-order valence-corrected chi connectivity index (χ0v) is 20.9. The van der Waals surface area contributed by atoms with Crippen LogP contribution in [0.1, 0.15) is 50.3 Å². The van der Waals surface area contributed by atoms with Crippen molar-refractivity contribution in [2.45, 2.75) is 19.1 Å². The third-order valence-corrected chi connectivity index (χ3v) is 5.47. The van der Waals surface area contributed by atoms with Crippen LogP contribution < -0.4 is 4.74 Å². The van der Waals surface area contributed by atoms with E-state index < -0.39 is 18.0 Å². The van der Waals surface area contributed by atoms with Gasteiger partial charge in [0.15, 0.2) is 6.10 Å². The van der Waals surface area contributed by atoms with E-state index in [-0.39, 0.29) is 19.6 Å². The minimum atomic E-state index is -0.832. The van der Waals surface area contributed by atoms with Crippen molar-refractivity contribution in [1.29, 1.82) is 0 Å². The van der Waals surface area contributed by atoms with E-state index in [1.165, 1.54) is 26.6 Å². The van der Waals surface area contributed by atoms with Crippen LogP contribution in [0.4, 0.5) is 0 Å². The highest BCUT2D eigenvalue weighted by molar-refractivity contribution is 5.93. The Balaban J connectivity index is 2.03. The predicted molar refractivity (Wildman–Crippen MR) is 135 cm³/mol. The second kappa shape index (κ2) is 13.2. The van der Waals surface area contributed by atoms with Crippen molar-refractivity contribution in [2.24, 2.45) is 0 Å². The molecular weight excluding hydrogens is 478 g/mol. The van der Waals surface area contributed by atoms with Crippen LogP contribution in [-0.2, 0) is 20.8 Å². The third-order valence-electron chi connectivity index (χ3n) is 5.47. The molecule has 0 aliphatic rings. The zero-order chi connectivity index (χ0) is 26.8. The number of methoxy groups -OCH3 is 3. The molecule has 0 amide bonds. The molecule has 2 heterocycles. The number of aliphatic hydroxyl groups excluding tert-OH is 1. The predicted octanol–water partition coefficient (Wildman–Crippen LogP) is 4.54. The summed E-state index contributed by atoms with van der Waals surface area (Å²) in [6, 6.07) is 11.3. The number of rotatable bonds is 12. The van der Waals surface area contributed by atoms with E-state index in [0.29, 0.717) is 45.1 Å². The summed E-state index contributed by atoms with van der Waals surface area (Å²) in [5.74, 6) is 0.124. The summed E-state index contributed by atoms with van der Waals surface area (Å²) >= 11 is 0.